The molecule has 0 spiro atoms. The van der Waals surface area contributed by atoms with Crippen LogP contribution in [0, 0.1) is 0 Å². The average Bonchev–Trinajstić information content (AvgIpc) is 2.28. The number of carbonyl (C=O) groups excluding carboxylic acids is 1. The van der Waals surface area contributed by atoms with Gasteiger partial charge in [-0.15, -0.1) is 0 Å². The lowest BCUT2D eigenvalue weighted by molar-refractivity contribution is 0.0825. The summed E-state index contributed by atoms with van der Waals surface area (Å²) in [5.41, 5.74) is 0.378. The van der Waals surface area contributed by atoms with Gasteiger partial charge in [0.05, 0.1) is 5.56 Å². The molecule has 1 N–H and O–H groups in total. The Hall–Kier alpha value is -1.53. The van der Waals surface area contributed by atoms with Crippen molar-refractivity contribution < 1.29 is 19.1 Å². The number of rotatable bonds is 4. The molecule has 86 valence electrons. The van der Waals surface area contributed by atoms with E-state index >= 15 is 0 Å². The van der Waals surface area contributed by atoms with Gasteiger partial charge in [-0.25, -0.2) is 0 Å². The summed E-state index contributed by atoms with van der Waals surface area (Å²) in [4.78, 5) is 13.2. The Balaban J connectivity index is 2.96. The zero-order valence-electron chi connectivity index (χ0n) is 9.51. The Kier molecular flexibility index (Phi) is 4.33. The maximum atomic E-state index is 11.8. The normalized spacial score (nSPS) is 9.75. The predicted octanol–water partition coefficient (Wildman–Crippen LogP) is 0.391. The van der Waals surface area contributed by atoms with E-state index in [0.29, 0.717) is 5.56 Å². The number of hydrogen-bond acceptors (Lipinski definition) is 4. The smallest absolute Gasteiger partial charge is 0.511 e. The van der Waals surface area contributed by atoms with Crippen LogP contribution in [0.25, 0.3) is 0 Å². The van der Waals surface area contributed by atoms with Crippen LogP contribution >= 0.6 is 0 Å². The molecule has 0 saturated carbocycles. The summed E-state index contributed by atoms with van der Waals surface area (Å²) in [6.07, 6.45) is 0. The van der Waals surface area contributed by atoms with E-state index in [-0.39, 0.29) is 11.7 Å². The molecule has 0 radical (unpaired) electrons. The van der Waals surface area contributed by atoms with Crippen LogP contribution in [0.5, 0.6) is 5.75 Å². The number of benzene rings is 1. The van der Waals surface area contributed by atoms with Crippen molar-refractivity contribution in [3.05, 3.63) is 29.8 Å². The van der Waals surface area contributed by atoms with Crippen LogP contribution in [0.3, 0.4) is 0 Å². The summed E-state index contributed by atoms with van der Waals surface area (Å²) in [5, 5.41) is 9.19. The molecule has 1 amide bonds. The van der Waals surface area contributed by atoms with Crippen LogP contribution in [0.1, 0.15) is 10.4 Å². The molecule has 0 heterocycles. The van der Waals surface area contributed by atoms with Gasteiger partial charge in [0.25, 0.3) is 5.91 Å². The quantitative estimate of drug-likeness (QED) is 0.750. The minimum Gasteiger partial charge on any atom is -0.511 e. The average molecular weight is 223 g/mol. The molecule has 1 rings (SSSR count). The van der Waals surface area contributed by atoms with Crippen LogP contribution < -0.4 is 4.65 Å². The first kappa shape index (κ1) is 12.5. The van der Waals surface area contributed by atoms with E-state index < -0.39 is 7.32 Å². The van der Waals surface area contributed by atoms with Crippen molar-refractivity contribution in [2.75, 3.05) is 21.2 Å². The van der Waals surface area contributed by atoms with Crippen molar-refractivity contribution in [3.8, 4) is 5.75 Å². The number of para-hydroxylation sites is 1. The van der Waals surface area contributed by atoms with Crippen LogP contribution in [0.15, 0.2) is 24.3 Å². The Bertz CT molecular complexity index is 370. The third-order valence-corrected chi connectivity index (χ3v) is 1.95. The van der Waals surface area contributed by atoms with Gasteiger partial charge in [0.1, 0.15) is 5.75 Å². The molecule has 0 unspecified atom stereocenters. The number of carbonyl (C=O) groups is 1. The molecule has 0 atom stereocenters. The van der Waals surface area contributed by atoms with Gasteiger partial charge in [-0.1, -0.05) is 12.1 Å². The third-order valence-electron chi connectivity index (χ3n) is 1.95. The molecule has 0 aliphatic rings. The molecule has 0 aromatic heterocycles. The Labute approximate surface area is 94.8 Å². The van der Waals surface area contributed by atoms with Crippen LogP contribution in [-0.2, 0) is 4.65 Å². The summed E-state index contributed by atoms with van der Waals surface area (Å²) in [5.74, 6) is 0.0921. The van der Waals surface area contributed by atoms with E-state index in [2.05, 4.69) is 4.65 Å². The van der Waals surface area contributed by atoms with Gasteiger partial charge < -0.3 is 19.2 Å². The van der Waals surface area contributed by atoms with Crippen LogP contribution in [0.2, 0.25) is 0 Å². The monoisotopic (exact) mass is 223 g/mol. The molecular formula is C10H14BNO4. The standard InChI is InChI=1S/C10H14BNO4/c1-12(2)10(13)8-6-4-5-7-9(8)16-11(14)15-3/h4-7,14H,1-3H3. The van der Waals surface area contributed by atoms with E-state index in [1.165, 1.54) is 12.0 Å². The largest absolute Gasteiger partial charge is 0.710 e. The zero-order valence-corrected chi connectivity index (χ0v) is 9.51. The van der Waals surface area contributed by atoms with E-state index in [1.54, 1.807) is 38.4 Å². The van der Waals surface area contributed by atoms with E-state index in [0.717, 1.165) is 0 Å². The zero-order chi connectivity index (χ0) is 12.1. The number of hydrogen-bond donors (Lipinski definition) is 1. The second-order valence-electron chi connectivity index (χ2n) is 3.36. The highest BCUT2D eigenvalue weighted by atomic mass is 16.7. The molecule has 0 bridgehead atoms. The SMILES string of the molecule is COB(O)Oc1ccccc1C(=O)N(C)C. The van der Waals surface area contributed by atoms with Gasteiger partial charge in [0, 0.05) is 21.2 Å². The molecular weight excluding hydrogens is 209 g/mol. The molecule has 6 heteroatoms. The molecule has 1 aromatic carbocycles. The second-order valence-corrected chi connectivity index (χ2v) is 3.36. The Morgan fingerprint density at radius 3 is 2.56 bits per heavy atom. The maximum Gasteiger partial charge on any atom is 0.710 e. The van der Waals surface area contributed by atoms with Crippen molar-refractivity contribution >= 4 is 13.2 Å². The Morgan fingerprint density at radius 1 is 1.38 bits per heavy atom. The van der Waals surface area contributed by atoms with Gasteiger partial charge in [-0.3, -0.25) is 4.79 Å². The van der Waals surface area contributed by atoms with E-state index in [9.17, 15) is 9.82 Å². The minimum absolute atomic E-state index is 0.195. The van der Waals surface area contributed by atoms with E-state index in [4.69, 9.17) is 4.65 Å². The second kappa shape index (κ2) is 5.53. The topological polar surface area (TPSA) is 59.0 Å². The highest BCUT2D eigenvalue weighted by molar-refractivity contribution is 6.35. The molecule has 1 aromatic rings. The Morgan fingerprint density at radius 2 is 2.00 bits per heavy atom. The fourth-order valence-electron chi connectivity index (χ4n) is 1.14. The van der Waals surface area contributed by atoms with Crippen molar-refractivity contribution in [3.63, 3.8) is 0 Å². The molecule has 0 aliphatic heterocycles. The highest BCUT2D eigenvalue weighted by Gasteiger charge is 2.20. The van der Waals surface area contributed by atoms with Crippen molar-refractivity contribution in [1.29, 1.82) is 0 Å². The molecule has 0 saturated heterocycles. The maximum absolute atomic E-state index is 11.8. The summed E-state index contributed by atoms with van der Waals surface area (Å²) >= 11 is 0. The first-order chi connectivity index (χ1) is 7.56. The predicted molar refractivity (Wildman–Crippen MR) is 60.1 cm³/mol. The lowest BCUT2D eigenvalue weighted by Gasteiger charge is -2.15. The van der Waals surface area contributed by atoms with Gasteiger partial charge in [-0.05, 0) is 12.1 Å². The van der Waals surface area contributed by atoms with Crippen LogP contribution in [-0.4, -0.2) is 44.4 Å². The van der Waals surface area contributed by atoms with Crippen molar-refractivity contribution in [2.45, 2.75) is 0 Å². The minimum atomic E-state index is -1.38. The third kappa shape index (κ3) is 2.98. The number of nitrogens with zero attached hydrogens (tertiary/aromatic N) is 1. The first-order valence-corrected chi connectivity index (χ1v) is 4.74. The summed E-state index contributed by atoms with van der Waals surface area (Å²) in [6, 6.07) is 6.66. The van der Waals surface area contributed by atoms with Crippen molar-refractivity contribution in [1.82, 2.24) is 4.90 Å². The molecule has 5 nitrogen and oxygen atoms in total. The first-order valence-electron chi connectivity index (χ1n) is 4.74. The summed E-state index contributed by atoms with van der Waals surface area (Å²) in [7, 11) is 3.22. The van der Waals surface area contributed by atoms with Gasteiger partial charge in [-0.2, -0.15) is 0 Å². The summed E-state index contributed by atoms with van der Waals surface area (Å²) < 4.78 is 9.61. The van der Waals surface area contributed by atoms with Gasteiger partial charge in [0.2, 0.25) is 0 Å². The fourth-order valence-corrected chi connectivity index (χ4v) is 1.14. The molecule has 0 aliphatic carbocycles. The van der Waals surface area contributed by atoms with Crippen molar-refractivity contribution in [2.24, 2.45) is 0 Å². The lowest BCUT2D eigenvalue weighted by atomic mass is 10.1. The van der Waals surface area contributed by atoms with Gasteiger partial charge >= 0.3 is 7.32 Å². The highest BCUT2D eigenvalue weighted by Crippen LogP contribution is 2.19. The van der Waals surface area contributed by atoms with Crippen LogP contribution in [0.4, 0.5) is 0 Å². The number of amides is 1. The fraction of sp³-hybridized carbons (Fsp3) is 0.300. The molecule has 16 heavy (non-hydrogen) atoms. The summed E-state index contributed by atoms with van der Waals surface area (Å²) in [6.45, 7) is 0. The lowest BCUT2D eigenvalue weighted by Crippen LogP contribution is -2.27. The van der Waals surface area contributed by atoms with E-state index in [1.807, 2.05) is 0 Å². The molecule has 0 fully saturated rings. The van der Waals surface area contributed by atoms with Gasteiger partial charge in [0.15, 0.2) is 0 Å².